The maximum Gasteiger partial charge on any atom is 0.193 e. The van der Waals surface area contributed by atoms with Gasteiger partial charge in [-0.25, -0.2) is 0 Å². The molecule has 132 valence electrons. The van der Waals surface area contributed by atoms with E-state index in [0.717, 1.165) is 28.3 Å². The molecule has 1 nitrogen and oxygen atoms in total. The molecule has 2 atom stereocenters. The normalized spacial score (nSPS) is 25.5. The quantitative estimate of drug-likeness (QED) is 0.477. The molecule has 2 unspecified atom stereocenters. The van der Waals surface area contributed by atoms with Crippen LogP contribution < -0.4 is 5.19 Å². The van der Waals surface area contributed by atoms with Crippen LogP contribution in [0.3, 0.4) is 0 Å². The molecule has 0 aromatic heterocycles. The zero-order valence-corrected chi connectivity index (χ0v) is 18.2. The van der Waals surface area contributed by atoms with Crippen LogP contribution in [0.2, 0.25) is 24.2 Å². The average Bonchev–Trinajstić information content (AvgIpc) is 2.53. The van der Waals surface area contributed by atoms with Crippen molar-refractivity contribution in [3.8, 4) is 0 Å². The van der Waals surface area contributed by atoms with Crippen LogP contribution in [0.25, 0.3) is 0 Å². The van der Waals surface area contributed by atoms with E-state index in [1.54, 1.807) is 0 Å². The molecule has 0 saturated heterocycles. The van der Waals surface area contributed by atoms with Crippen molar-refractivity contribution in [1.29, 1.82) is 0 Å². The highest BCUT2D eigenvalue weighted by atomic mass is 28.4. The second kappa shape index (κ2) is 7.71. The van der Waals surface area contributed by atoms with E-state index in [2.05, 4.69) is 76.9 Å². The molecule has 2 rings (SSSR count). The van der Waals surface area contributed by atoms with Crippen LogP contribution in [0.1, 0.15) is 46.5 Å². The molecule has 0 spiro atoms. The summed E-state index contributed by atoms with van der Waals surface area (Å²) in [5, 5.41) is 1.74. The molecule has 1 aliphatic carbocycles. The first kappa shape index (κ1) is 19.7. The SMILES string of the molecule is C=CC1(O[Si](C)(C)C(C)(C)C)CCCC(C[Si]c2ccccc2)C1. The molecule has 0 aliphatic heterocycles. The fraction of sp³-hybridized carbons (Fsp3) is 0.619. The maximum atomic E-state index is 6.89. The molecule has 1 aliphatic rings. The van der Waals surface area contributed by atoms with Gasteiger partial charge in [0, 0.05) is 0 Å². The Morgan fingerprint density at radius 2 is 1.96 bits per heavy atom. The van der Waals surface area contributed by atoms with Crippen molar-refractivity contribution in [1.82, 2.24) is 0 Å². The van der Waals surface area contributed by atoms with Crippen LogP contribution >= 0.6 is 0 Å². The topological polar surface area (TPSA) is 9.23 Å². The summed E-state index contributed by atoms with van der Waals surface area (Å²) in [6.45, 7) is 15.9. The first-order valence-corrected chi connectivity index (χ1v) is 13.4. The largest absolute Gasteiger partial charge is 0.408 e. The summed E-state index contributed by atoms with van der Waals surface area (Å²) in [5.74, 6) is 0.764. The minimum atomic E-state index is -1.77. The van der Waals surface area contributed by atoms with Crippen molar-refractivity contribution in [2.45, 2.75) is 76.2 Å². The highest BCUT2D eigenvalue weighted by Gasteiger charge is 2.45. The first-order chi connectivity index (χ1) is 11.2. The Hall–Kier alpha value is -0.646. The molecule has 1 aromatic rings. The van der Waals surface area contributed by atoms with E-state index in [4.69, 9.17) is 4.43 Å². The summed E-state index contributed by atoms with van der Waals surface area (Å²) in [7, 11) is -0.860. The van der Waals surface area contributed by atoms with Gasteiger partial charge < -0.3 is 4.43 Å². The average molecular weight is 359 g/mol. The minimum Gasteiger partial charge on any atom is -0.408 e. The summed E-state index contributed by atoms with van der Waals surface area (Å²) < 4.78 is 6.89. The Bertz CT molecular complexity index is 533. The second-order valence-electron chi connectivity index (χ2n) is 8.84. The highest BCUT2D eigenvalue weighted by molar-refractivity contribution is 6.74. The fourth-order valence-corrected chi connectivity index (χ4v) is 6.25. The lowest BCUT2D eigenvalue weighted by atomic mass is 9.79. The lowest BCUT2D eigenvalue weighted by Crippen LogP contribution is -2.50. The van der Waals surface area contributed by atoms with Gasteiger partial charge in [0.05, 0.1) is 15.1 Å². The third kappa shape index (κ3) is 4.93. The van der Waals surface area contributed by atoms with Gasteiger partial charge in [0.25, 0.3) is 0 Å². The zero-order chi connectivity index (χ0) is 17.8. The third-order valence-corrected chi connectivity index (χ3v) is 11.9. The Kier molecular flexibility index (Phi) is 6.32. The number of benzene rings is 1. The van der Waals surface area contributed by atoms with Crippen LogP contribution in [0.15, 0.2) is 43.0 Å². The smallest absolute Gasteiger partial charge is 0.193 e. The third-order valence-electron chi connectivity index (χ3n) is 5.85. The first-order valence-electron chi connectivity index (χ1n) is 9.30. The van der Waals surface area contributed by atoms with Gasteiger partial charge >= 0.3 is 0 Å². The molecule has 1 aromatic carbocycles. The van der Waals surface area contributed by atoms with Crippen molar-refractivity contribution >= 4 is 23.0 Å². The number of rotatable bonds is 6. The van der Waals surface area contributed by atoms with Crippen molar-refractivity contribution in [2.75, 3.05) is 0 Å². The summed E-state index contributed by atoms with van der Waals surface area (Å²) in [6, 6.07) is 12.2. The van der Waals surface area contributed by atoms with Gasteiger partial charge in [-0.2, -0.15) is 0 Å². The van der Waals surface area contributed by atoms with Crippen molar-refractivity contribution in [3.05, 3.63) is 43.0 Å². The molecule has 1 saturated carbocycles. The summed E-state index contributed by atoms with van der Waals surface area (Å²) in [4.78, 5) is 0. The van der Waals surface area contributed by atoms with Crippen LogP contribution in [0.4, 0.5) is 0 Å². The van der Waals surface area contributed by atoms with Gasteiger partial charge in [0.15, 0.2) is 8.32 Å². The van der Waals surface area contributed by atoms with Crippen LogP contribution in [0, 0.1) is 5.92 Å². The molecule has 2 radical (unpaired) electrons. The molecular weight excluding hydrogens is 324 g/mol. The van der Waals surface area contributed by atoms with Crippen LogP contribution in [-0.4, -0.2) is 23.4 Å². The van der Waals surface area contributed by atoms with Gasteiger partial charge in [-0.1, -0.05) is 81.3 Å². The standard InChI is InChI=1S/C21H34OSi2/c1-7-21(22-24(5,6)20(2,3)4)15-11-12-18(16-21)17-23-19-13-9-8-10-14-19/h7-10,13-14,18H,1,11-12,15-17H2,2-6H3. The summed E-state index contributed by atoms with van der Waals surface area (Å²) in [6.07, 6.45) is 7.04. The van der Waals surface area contributed by atoms with Crippen molar-refractivity contribution < 1.29 is 4.43 Å². The van der Waals surface area contributed by atoms with Crippen LogP contribution in [0.5, 0.6) is 0 Å². The molecule has 0 amide bonds. The number of hydrogen-bond donors (Lipinski definition) is 0. The summed E-state index contributed by atoms with van der Waals surface area (Å²) in [5.41, 5.74) is -0.0902. The van der Waals surface area contributed by atoms with Gasteiger partial charge in [0.2, 0.25) is 0 Å². The second-order valence-corrected chi connectivity index (χ2v) is 14.9. The Balaban J connectivity index is 2.02. The molecule has 3 heteroatoms. The fourth-order valence-electron chi connectivity index (χ4n) is 3.36. The Morgan fingerprint density at radius 1 is 1.29 bits per heavy atom. The van der Waals surface area contributed by atoms with E-state index < -0.39 is 8.32 Å². The predicted octanol–water partition coefficient (Wildman–Crippen LogP) is 5.57. The van der Waals surface area contributed by atoms with Crippen molar-refractivity contribution in [2.24, 2.45) is 5.92 Å². The Morgan fingerprint density at radius 3 is 2.54 bits per heavy atom. The molecule has 0 N–H and O–H groups in total. The van der Waals surface area contributed by atoms with E-state index in [-0.39, 0.29) is 10.6 Å². The minimum absolute atomic E-state index is 0.0902. The molecular formula is C21H34OSi2. The highest BCUT2D eigenvalue weighted by Crippen LogP contribution is 2.45. The lowest BCUT2D eigenvalue weighted by molar-refractivity contribution is 0.0432. The predicted molar refractivity (Wildman–Crippen MR) is 110 cm³/mol. The molecule has 0 bridgehead atoms. The van der Waals surface area contributed by atoms with Gasteiger partial charge in [-0.15, -0.1) is 6.58 Å². The van der Waals surface area contributed by atoms with E-state index in [0.29, 0.717) is 0 Å². The van der Waals surface area contributed by atoms with Gasteiger partial charge in [-0.05, 0) is 36.9 Å². The number of hydrogen-bond acceptors (Lipinski definition) is 1. The molecule has 0 heterocycles. The van der Waals surface area contributed by atoms with Gasteiger partial charge in [0.1, 0.15) is 0 Å². The maximum absolute atomic E-state index is 6.89. The van der Waals surface area contributed by atoms with E-state index >= 15 is 0 Å². The monoisotopic (exact) mass is 358 g/mol. The lowest BCUT2D eigenvalue weighted by Gasteiger charge is -2.47. The van der Waals surface area contributed by atoms with Crippen LogP contribution in [-0.2, 0) is 4.43 Å². The summed E-state index contributed by atoms with van der Waals surface area (Å²) >= 11 is 0. The molecule has 24 heavy (non-hydrogen) atoms. The molecule has 1 fully saturated rings. The zero-order valence-electron chi connectivity index (χ0n) is 16.2. The van der Waals surface area contributed by atoms with E-state index in [9.17, 15) is 0 Å². The Labute approximate surface area is 152 Å². The van der Waals surface area contributed by atoms with Gasteiger partial charge in [-0.3, -0.25) is 0 Å². The van der Waals surface area contributed by atoms with E-state index in [1.807, 2.05) is 0 Å². The van der Waals surface area contributed by atoms with E-state index in [1.165, 1.54) is 24.1 Å². The van der Waals surface area contributed by atoms with Crippen molar-refractivity contribution in [3.63, 3.8) is 0 Å².